The lowest BCUT2D eigenvalue weighted by molar-refractivity contribution is 0.194. The molecule has 1 unspecified atom stereocenters. The molecule has 140 valence electrons. The molecule has 1 aromatic heterocycles. The molecule has 0 saturated heterocycles. The molecule has 0 aliphatic carbocycles. The predicted molar refractivity (Wildman–Crippen MR) is 104 cm³/mol. The Kier molecular flexibility index (Phi) is 5.73. The maximum absolute atomic E-state index is 13.1. The molecule has 0 spiro atoms. The monoisotopic (exact) mass is 386 g/mol. The van der Waals surface area contributed by atoms with E-state index in [1.807, 2.05) is 30.3 Å². The zero-order valence-corrected chi connectivity index (χ0v) is 15.2. The third-order valence-electron chi connectivity index (χ3n) is 4.19. The summed E-state index contributed by atoms with van der Waals surface area (Å²) in [4.78, 5) is 28.3. The fraction of sp³-hybridized carbons (Fsp3) is 0.211. The van der Waals surface area contributed by atoms with Crippen molar-refractivity contribution in [2.45, 2.75) is 19.0 Å². The second-order valence-corrected chi connectivity index (χ2v) is 6.57. The highest BCUT2D eigenvalue weighted by Gasteiger charge is 2.18. The van der Waals surface area contributed by atoms with Crippen molar-refractivity contribution in [2.75, 3.05) is 6.54 Å². The molecule has 1 heterocycles. The van der Waals surface area contributed by atoms with E-state index in [0.29, 0.717) is 34.7 Å². The fourth-order valence-corrected chi connectivity index (χ4v) is 3.04. The molecule has 7 nitrogen and oxygen atoms in total. The predicted octanol–water partition coefficient (Wildman–Crippen LogP) is 2.76. The number of hydrogen-bond donors (Lipinski definition) is 3. The summed E-state index contributed by atoms with van der Waals surface area (Å²) in [6.07, 6.45) is -0.818. The molecule has 3 rings (SSSR count). The molecule has 0 fully saturated rings. The fourth-order valence-electron chi connectivity index (χ4n) is 2.88. The van der Waals surface area contributed by atoms with Crippen LogP contribution in [0.15, 0.2) is 53.3 Å². The zero-order chi connectivity index (χ0) is 19.4. The van der Waals surface area contributed by atoms with E-state index in [4.69, 9.17) is 22.4 Å². The van der Waals surface area contributed by atoms with Gasteiger partial charge in [-0.05, 0) is 30.2 Å². The first-order valence-electron chi connectivity index (χ1n) is 8.42. The van der Waals surface area contributed by atoms with Crippen LogP contribution in [0, 0.1) is 0 Å². The van der Waals surface area contributed by atoms with Crippen molar-refractivity contribution < 1.29 is 9.90 Å². The van der Waals surface area contributed by atoms with Crippen LogP contribution in [0.4, 0.5) is 4.79 Å². The highest BCUT2D eigenvalue weighted by molar-refractivity contribution is 6.31. The van der Waals surface area contributed by atoms with Crippen LogP contribution in [-0.4, -0.2) is 27.3 Å². The van der Waals surface area contributed by atoms with Crippen molar-refractivity contribution in [2.24, 2.45) is 5.73 Å². The van der Waals surface area contributed by atoms with E-state index >= 15 is 0 Å². The Hall–Kier alpha value is -2.90. The summed E-state index contributed by atoms with van der Waals surface area (Å²) >= 11 is 6.04. The molecule has 0 bridgehead atoms. The third kappa shape index (κ3) is 4.45. The van der Waals surface area contributed by atoms with E-state index < -0.39 is 12.1 Å². The highest BCUT2D eigenvalue weighted by atomic mass is 35.5. The molecular weight excluding hydrogens is 368 g/mol. The molecule has 8 heteroatoms. The van der Waals surface area contributed by atoms with Gasteiger partial charge >= 0.3 is 6.09 Å². The van der Waals surface area contributed by atoms with Crippen LogP contribution in [0.25, 0.3) is 10.9 Å². The number of fused-ring (bicyclic) bond motifs is 1. The van der Waals surface area contributed by atoms with E-state index in [9.17, 15) is 9.59 Å². The van der Waals surface area contributed by atoms with E-state index in [1.54, 1.807) is 18.2 Å². The normalized spacial score (nSPS) is 12.1. The van der Waals surface area contributed by atoms with Crippen molar-refractivity contribution >= 4 is 28.6 Å². The quantitative estimate of drug-likeness (QED) is 0.603. The standard InChI is InChI=1S/C19H19ClN4O3/c20-13-6-7-14-16(10-13)23-17(15(21)8-9-22-19(26)27)24(18(14)25)11-12-4-2-1-3-5-12/h1-7,10,15,22H,8-9,11,21H2,(H,26,27). The number of carbonyl (C=O) groups is 1. The van der Waals surface area contributed by atoms with Gasteiger partial charge in [0.1, 0.15) is 5.82 Å². The minimum atomic E-state index is -1.12. The summed E-state index contributed by atoms with van der Waals surface area (Å²) in [5, 5.41) is 11.9. The van der Waals surface area contributed by atoms with Gasteiger partial charge in [-0.15, -0.1) is 0 Å². The van der Waals surface area contributed by atoms with Crippen molar-refractivity contribution in [3.05, 3.63) is 75.3 Å². The van der Waals surface area contributed by atoms with Crippen molar-refractivity contribution in [3.63, 3.8) is 0 Å². The first kappa shape index (κ1) is 18.9. The van der Waals surface area contributed by atoms with Gasteiger partial charge in [-0.3, -0.25) is 9.36 Å². The Balaban J connectivity index is 2.06. The molecule has 0 aliphatic heterocycles. The molecule has 0 radical (unpaired) electrons. The number of nitrogens with one attached hydrogen (secondary N) is 1. The molecule has 27 heavy (non-hydrogen) atoms. The lowest BCUT2D eigenvalue weighted by Gasteiger charge is -2.18. The Bertz CT molecular complexity index is 1020. The Morgan fingerprint density at radius 1 is 1.26 bits per heavy atom. The molecule has 0 saturated carbocycles. The maximum Gasteiger partial charge on any atom is 0.404 e. The van der Waals surface area contributed by atoms with Crippen LogP contribution in [-0.2, 0) is 6.54 Å². The van der Waals surface area contributed by atoms with E-state index in [2.05, 4.69) is 10.3 Å². The van der Waals surface area contributed by atoms with Gasteiger partial charge < -0.3 is 16.2 Å². The van der Waals surface area contributed by atoms with Gasteiger partial charge in [0, 0.05) is 11.6 Å². The first-order chi connectivity index (χ1) is 13.0. The molecule has 1 amide bonds. The van der Waals surface area contributed by atoms with Crippen LogP contribution in [0.2, 0.25) is 5.02 Å². The number of halogens is 1. The van der Waals surface area contributed by atoms with Crippen LogP contribution in [0.1, 0.15) is 23.9 Å². The van der Waals surface area contributed by atoms with Gasteiger partial charge in [-0.1, -0.05) is 41.9 Å². The SMILES string of the molecule is NC(CCNC(=O)O)c1nc2cc(Cl)ccc2c(=O)n1Cc1ccccc1. The summed E-state index contributed by atoms with van der Waals surface area (Å²) in [6, 6.07) is 13.8. The first-order valence-corrected chi connectivity index (χ1v) is 8.80. The number of hydrogen-bond acceptors (Lipinski definition) is 4. The summed E-state index contributed by atoms with van der Waals surface area (Å²) in [5.74, 6) is 0.394. The van der Waals surface area contributed by atoms with Crippen LogP contribution in [0.3, 0.4) is 0 Å². The number of nitrogens with zero attached hydrogens (tertiary/aromatic N) is 2. The second kappa shape index (κ2) is 8.20. The van der Waals surface area contributed by atoms with Gasteiger partial charge in [0.2, 0.25) is 0 Å². The molecule has 1 atom stereocenters. The summed E-state index contributed by atoms with van der Waals surface area (Å²) < 4.78 is 1.54. The summed E-state index contributed by atoms with van der Waals surface area (Å²) in [6.45, 7) is 0.478. The average molecular weight is 387 g/mol. The number of amides is 1. The average Bonchev–Trinajstić information content (AvgIpc) is 2.64. The Labute approximate surface area is 160 Å². The number of carboxylic acid groups (broad SMARTS) is 1. The lowest BCUT2D eigenvalue weighted by Crippen LogP contribution is -2.32. The Morgan fingerprint density at radius 2 is 2.00 bits per heavy atom. The molecule has 0 aliphatic rings. The maximum atomic E-state index is 13.1. The smallest absolute Gasteiger partial charge is 0.404 e. The Morgan fingerprint density at radius 3 is 2.70 bits per heavy atom. The molecule has 2 aromatic carbocycles. The zero-order valence-electron chi connectivity index (χ0n) is 14.4. The largest absolute Gasteiger partial charge is 0.465 e. The van der Waals surface area contributed by atoms with Crippen LogP contribution >= 0.6 is 11.6 Å². The van der Waals surface area contributed by atoms with E-state index in [1.165, 1.54) is 4.57 Å². The van der Waals surface area contributed by atoms with Crippen molar-refractivity contribution in [3.8, 4) is 0 Å². The minimum absolute atomic E-state index is 0.158. The van der Waals surface area contributed by atoms with Gasteiger partial charge in [0.15, 0.2) is 0 Å². The van der Waals surface area contributed by atoms with E-state index in [-0.39, 0.29) is 12.1 Å². The van der Waals surface area contributed by atoms with Gasteiger partial charge in [0.05, 0.1) is 23.5 Å². The molecule has 3 aromatic rings. The van der Waals surface area contributed by atoms with Gasteiger partial charge in [-0.25, -0.2) is 9.78 Å². The number of nitrogens with two attached hydrogens (primary N) is 1. The topological polar surface area (TPSA) is 110 Å². The lowest BCUT2D eigenvalue weighted by atomic mass is 10.1. The second-order valence-electron chi connectivity index (χ2n) is 6.14. The summed E-state index contributed by atoms with van der Waals surface area (Å²) in [5.41, 5.74) is 7.44. The molecular formula is C19H19ClN4O3. The number of aromatic nitrogens is 2. The van der Waals surface area contributed by atoms with Crippen molar-refractivity contribution in [1.82, 2.24) is 14.9 Å². The number of rotatable bonds is 6. The third-order valence-corrected chi connectivity index (χ3v) is 4.43. The molecule has 4 N–H and O–H groups in total. The number of benzene rings is 2. The van der Waals surface area contributed by atoms with Gasteiger partial charge in [0.25, 0.3) is 5.56 Å². The van der Waals surface area contributed by atoms with Gasteiger partial charge in [-0.2, -0.15) is 0 Å². The highest BCUT2D eigenvalue weighted by Crippen LogP contribution is 2.19. The van der Waals surface area contributed by atoms with E-state index in [0.717, 1.165) is 5.56 Å². The van der Waals surface area contributed by atoms with Crippen LogP contribution in [0.5, 0.6) is 0 Å². The summed E-state index contributed by atoms with van der Waals surface area (Å²) in [7, 11) is 0. The van der Waals surface area contributed by atoms with Crippen LogP contribution < -0.4 is 16.6 Å². The van der Waals surface area contributed by atoms with Crippen molar-refractivity contribution in [1.29, 1.82) is 0 Å². The minimum Gasteiger partial charge on any atom is -0.465 e.